The molecule has 1 aromatic rings. The third-order valence-electron chi connectivity index (χ3n) is 4.33. The van der Waals surface area contributed by atoms with Crippen LogP contribution in [0.4, 0.5) is 18.9 Å². The van der Waals surface area contributed by atoms with Crippen molar-refractivity contribution in [2.45, 2.75) is 19.1 Å². The number of carbonyl (C=O) groups excluding carboxylic acids is 2. The number of carbonyl (C=O) groups is 2. The number of nitrogens with zero attached hydrogens (tertiary/aromatic N) is 2. The number of benzene rings is 1. The van der Waals surface area contributed by atoms with E-state index in [9.17, 15) is 22.8 Å². The van der Waals surface area contributed by atoms with Crippen LogP contribution in [0, 0.1) is 0 Å². The summed E-state index contributed by atoms with van der Waals surface area (Å²) >= 11 is 5.57. The number of hydrogen-bond donors (Lipinski definition) is 1. The van der Waals surface area contributed by atoms with Crippen molar-refractivity contribution in [1.82, 2.24) is 9.80 Å². The first-order valence-electron chi connectivity index (χ1n) is 8.33. The van der Waals surface area contributed by atoms with Crippen LogP contribution in [0.5, 0.6) is 0 Å². The maximum Gasteiger partial charge on any atom is 0.417 e. The number of rotatable bonds is 5. The number of likely N-dealkylation sites (N-methyl/N-ethyl adjacent to an activating group) is 1. The van der Waals surface area contributed by atoms with Gasteiger partial charge in [-0.3, -0.25) is 14.5 Å². The largest absolute Gasteiger partial charge is 0.417 e. The molecule has 150 valence electrons. The van der Waals surface area contributed by atoms with Crippen molar-refractivity contribution >= 4 is 29.1 Å². The van der Waals surface area contributed by atoms with E-state index in [0.717, 1.165) is 12.1 Å². The molecule has 27 heavy (non-hydrogen) atoms. The summed E-state index contributed by atoms with van der Waals surface area (Å²) in [7, 11) is 1.60. The average Bonchev–Trinajstić information content (AvgIpc) is 2.62. The molecule has 0 radical (unpaired) electrons. The van der Waals surface area contributed by atoms with Gasteiger partial charge < -0.3 is 15.0 Å². The molecule has 0 spiro atoms. The summed E-state index contributed by atoms with van der Waals surface area (Å²) in [5, 5.41) is 1.99. The molecule has 1 unspecified atom stereocenters. The molecule has 1 fully saturated rings. The topological polar surface area (TPSA) is 61.9 Å². The summed E-state index contributed by atoms with van der Waals surface area (Å²) in [5.74, 6) is -0.658. The lowest BCUT2D eigenvalue weighted by Crippen LogP contribution is -2.48. The van der Waals surface area contributed by atoms with Gasteiger partial charge in [-0.2, -0.15) is 13.2 Å². The van der Waals surface area contributed by atoms with E-state index in [2.05, 4.69) is 5.32 Å². The van der Waals surface area contributed by atoms with Crippen molar-refractivity contribution in [2.24, 2.45) is 0 Å². The Morgan fingerprint density at radius 3 is 2.56 bits per heavy atom. The van der Waals surface area contributed by atoms with Crippen molar-refractivity contribution in [3.63, 3.8) is 0 Å². The second kappa shape index (κ2) is 8.90. The highest BCUT2D eigenvalue weighted by atomic mass is 35.5. The molecule has 6 nitrogen and oxygen atoms in total. The molecule has 0 bridgehead atoms. The molecule has 1 aliphatic rings. The van der Waals surface area contributed by atoms with E-state index in [1.54, 1.807) is 18.9 Å². The quantitative estimate of drug-likeness (QED) is 0.814. The number of amides is 2. The molecule has 1 N–H and O–H groups in total. The summed E-state index contributed by atoms with van der Waals surface area (Å²) in [6.45, 7) is 3.54. The van der Waals surface area contributed by atoms with E-state index in [1.165, 1.54) is 11.0 Å². The Balaban J connectivity index is 1.97. The van der Waals surface area contributed by atoms with Gasteiger partial charge >= 0.3 is 6.18 Å². The Bertz CT molecular complexity index is 694. The molecular weight excluding hydrogens is 387 g/mol. The monoisotopic (exact) mass is 407 g/mol. The molecule has 1 heterocycles. The molecule has 2 rings (SSSR count). The number of alkyl halides is 3. The maximum atomic E-state index is 12.9. The van der Waals surface area contributed by atoms with Crippen molar-refractivity contribution in [1.29, 1.82) is 0 Å². The molecule has 0 aromatic heterocycles. The van der Waals surface area contributed by atoms with Gasteiger partial charge in [0.15, 0.2) is 0 Å². The highest BCUT2D eigenvalue weighted by molar-refractivity contribution is 6.31. The van der Waals surface area contributed by atoms with Crippen molar-refractivity contribution in [2.75, 3.05) is 45.2 Å². The van der Waals surface area contributed by atoms with Gasteiger partial charge in [-0.1, -0.05) is 11.6 Å². The second-order valence-corrected chi connectivity index (χ2v) is 6.67. The number of morpholine rings is 1. The normalized spacial score (nSPS) is 16.3. The summed E-state index contributed by atoms with van der Waals surface area (Å²) < 4.78 is 43.9. The highest BCUT2D eigenvalue weighted by Crippen LogP contribution is 2.36. The minimum atomic E-state index is -4.62. The highest BCUT2D eigenvalue weighted by Gasteiger charge is 2.33. The fraction of sp³-hybridized carbons (Fsp3) is 0.529. The van der Waals surface area contributed by atoms with Crippen LogP contribution in [0.25, 0.3) is 0 Å². The van der Waals surface area contributed by atoms with E-state index < -0.39 is 28.7 Å². The smallest absolute Gasteiger partial charge is 0.378 e. The Morgan fingerprint density at radius 1 is 1.33 bits per heavy atom. The Morgan fingerprint density at radius 2 is 1.96 bits per heavy atom. The van der Waals surface area contributed by atoms with E-state index in [4.69, 9.17) is 16.3 Å². The first kappa shape index (κ1) is 21.5. The first-order chi connectivity index (χ1) is 12.6. The molecule has 1 aromatic carbocycles. The Labute approximate surface area is 160 Å². The molecule has 1 aliphatic heterocycles. The first-order valence-corrected chi connectivity index (χ1v) is 8.70. The van der Waals surface area contributed by atoms with Crippen LogP contribution in [0.2, 0.25) is 5.02 Å². The zero-order chi connectivity index (χ0) is 20.2. The fourth-order valence-electron chi connectivity index (χ4n) is 2.53. The average molecular weight is 408 g/mol. The van der Waals surface area contributed by atoms with E-state index in [0.29, 0.717) is 26.3 Å². The molecule has 10 heteroatoms. The third-order valence-corrected chi connectivity index (χ3v) is 4.66. The summed E-state index contributed by atoms with van der Waals surface area (Å²) in [4.78, 5) is 27.8. The van der Waals surface area contributed by atoms with Gasteiger partial charge in [0.05, 0.1) is 36.4 Å². The van der Waals surface area contributed by atoms with Crippen molar-refractivity contribution in [3.8, 4) is 0 Å². The van der Waals surface area contributed by atoms with Crippen molar-refractivity contribution in [3.05, 3.63) is 28.8 Å². The molecule has 1 atom stereocenters. The van der Waals surface area contributed by atoms with Gasteiger partial charge in [-0.15, -0.1) is 0 Å². The van der Waals surface area contributed by atoms with Crippen LogP contribution < -0.4 is 5.32 Å². The standard InChI is InChI=1S/C17H21ClF3N3O3/c1-11(23(2)10-15(25)24-5-7-27-8-6-24)16(26)22-12-3-4-14(18)13(9-12)17(19,20)21/h3-4,9,11H,5-8,10H2,1-2H3,(H,22,26). The number of nitrogens with one attached hydrogen (secondary N) is 1. The maximum absolute atomic E-state index is 12.9. The van der Waals surface area contributed by atoms with Gasteiger partial charge in [0.1, 0.15) is 0 Å². The molecule has 0 aliphatic carbocycles. The van der Waals surface area contributed by atoms with E-state index in [1.807, 2.05) is 0 Å². The van der Waals surface area contributed by atoms with Gasteiger partial charge in [-0.25, -0.2) is 0 Å². The lowest BCUT2D eigenvalue weighted by Gasteiger charge is -2.30. The molecule has 0 saturated carbocycles. The van der Waals surface area contributed by atoms with Crippen LogP contribution >= 0.6 is 11.6 Å². The Hall–Kier alpha value is -1.84. The zero-order valence-corrected chi connectivity index (χ0v) is 15.7. The lowest BCUT2D eigenvalue weighted by atomic mass is 10.2. The number of ether oxygens (including phenoxy) is 1. The fourth-order valence-corrected chi connectivity index (χ4v) is 2.75. The number of halogens is 4. The second-order valence-electron chi connectivity index (χ2n) is 6.27. The van der Waals surface area contributed by atoms with Crippen LogP contribution in [0.1, 0.15) is 12.5 Å². The van der Waals surface area contributed by atoms with Gasteiger partial charge in [0.2, 0.25) is 11.8 Å². The van der Waals surface area contributed by atoms with Crippen LogP contribution in [0.3, 0.4) is 0 Å². The molecule has 1 saturated heterocycles. The van der Waals surface area contributed by atoms with Crippen molar-refractivity contribution < 1.29 is 27.5 Å². The summed E-state index contributed by atoms with van der Waals surface area (Å²) in [5.41, 5.74) is -1.04. The van der Waals surface area contributed by atoms with E-state index in [-0.39, 0.29) is 18.1 Å². The van der Waals surface area contributed by atoms with Crippen LogP contribution in [-0.2, 0) is 20.5 Å². The minimum absolute atomic E-state index is 0.0169. The van der Waals surface area contributed by atoms with Crippen LogP contribution in [0.15, 0.2) is 18.2 Å². The number of anilines is 1. The third kappa shape index (κ3) is 5.82. The lowest BCUT2D eigenvalue weighted by molar-refractivity contribution is -0.138. The predicted octanol–water partition coefficient (Wildman–Crippen LogP) is 2.48. The SMILES string of the molecule is CC(C(=O)Nc1ccc(Cl)c(C(F)(F)F)c1)N(C)CC(=O)N1CCOCC1. The van der Waals surface area contributed by atoms with E-state index >= 15 is 0 Å². The van der Waals surface area contributed by atoms with Gasteiger partial charge in [-0.05, 0) is 32.2 Å². The predicted molar refractivity (Wildman–Crippen MR) is 94.6 cm³/mol. The zero-order valence-electron chi connectivity index (χ0n) is 15.0. The minimum Gasteiger partial charge on any atom is -0.378 e. The van der Waals surface area contributed by atoms with Gasteiger partial charge in [0, 0.05) is 18.8 Å². The Kier molecular flexibility index (Phi) is 7.07. The van der Waals surface area contributed by atoms with Crippen LogP contribution in [-0.4, -0.2) is 67.6 Å². The summed E-state index contributed by atoms with van der Waals surface area (Å²) in [6, 6.07) is 2.43. The summed E-state index contributed by atoms with van der Waals surface area (Å²) in [6.07, 6.45) is -4.62. The molecule has 2 amide bonds. The van der Waals surface area contributed by atoms with Gasteiger partial charge in [0.25, 0.3) is 0 Å². The number of hydrogen-bond acceptors (Lipinski definition) is 4. The molecular formula is C17H21ClF3N3O3.